The van der Waals surface area contributed by atoms with E-state index in [1.807, 2.05) is 6.92 Å². The van der Waals surface area contributed by atoms with Gasteiger partial charge in [-0.2, -0.15) is 0 Å². The first-order valence-corrected chi connectivity index (χ1v) is 7.43. The van der Waals surface area contributed by atoms with Crippen molar-refractivity contribution in [3.8, 4) is 0 Å². The Hall–Kier alpha value is -0.610. The molecule has 0 heterocycles. The number of ether oxygens (including phenoxy) is 1. The number of hydrogen-bond donors (Lipinski definition) is 2. The van der Waals surface area contributed by atoms with Crippen LogP contribution in [0.25, 0.3) is 0 Å². The standard InChI is InChI=1S/C15H31NO3/c1-6-10-16-15(5,14(17)18)9-7-8-11-19-13(4)12(2)3/h12-13,16H,6-11H2,1-5H3,(H,17,18). The van der Waals surface area contributed by atoms with Crippen LogP contribution in [0.2, 0.25) is 0 Å². The van der Waals surface area contributed by atoms with Crippen LogP contribution in [-0.4, -0.2) is 35.9 Å². The molecule has 0 saturated heterocycles. The Bertz CT molecular complexity index is 256. The normalized spacial score (nSPS) is 16.3. The number of carboxylic acid groups (broad SMARTS) is 1. The lowest BCUT2D eigenvalue weighted by molar-refractivity contribution is -0.144. The number of aliphatic carboxylic acids is 1. The van der Waals surface area contributed by atoms with E-state index >= 15 is 0 Å². The Morgan fingerprint density at radius 1 is 1.32 bits per heavy atom. The molecule has 2 atom stereocenters. The summed E-state index contributed by atoms with van der Waals surface area (Å²) in [5.74, 6) is -0.243. The summed E-state index contributed by atoms with van der Waals surface area (Å²) in [4.78, 5) is 11.3. The van der Waals surface area contributed by atoms with E-state index in [0.29, 0.717) is 18.9 Å². The van der Waals surface area contributed by atoms with Crippen molar-refractivity contribution in [3.63, 3.8) is 0 Å². The zero-order valence-corrected chi connectivity index (χ0v) is 13.2. The summed E-state index contributed by atoms with van der Waals surface area (Å²) in [6, 6.07) is 0. The van der Waals surface area contributed by atoms with Crippen molar-refractivity contribution in [2.75, 3.05) is 13.2 Å². The molecule has 4 nitrogen and oxygen atoms in total. The van der Waals surface area contributed by atoms with Crippen molar-refractivity contribution < 1.29 is 14.6 Å². The van der Waals surface area contributed by atoms with E-state index in [9.17, 15) is 9.90 Å². The van der Waals surface area contributed by atoms with Crippen LogP contribution in [0.15, 0.2) is 0 Å². The Morgan fingerprint density at radius 3 is 2.42 bits per heavy atom. The molecule has 0 spiro atoms. The average Bonchev–Trinajstić information content (AvgIpc) is 2.35. The van der Waals surface area contributed by atoms with Gasteiger partial charge in [-0.1, -0.05) is 20.8 Å². The van der Waals surface area contributed by atoms with Gasteiger partial charge >= 0.3 is 5.97 Å². The molecule has 2 N–H and O–H groups in total. The van der Waals surface area contributed by atoms with Gasteiger partial charge in [-0.3, -0.25) is 4.79 Å². The van der Waals surface area contributed by atoms with Gasteiger partial charge in [-0.05, 0) is 52.0 Å². The van der Waals surface area contributed by atoms with Gasteiger partial charge in [-0.15, -0.1) is 0 Å². The molecular formula is C15H31NO3. The smallest absolute Gasteiger partial charge is 0.323 e. The molecule has 114 valence electrons. The summed E-state index contributed by atoms with van der Waals surface area (Å²) < 4.78 is 5.69. The van der Waals surface area contributed by atoms with Gasteiger partial charge < -0.3 is 15.2 Å². The SMILES string of the molecule is CCCNC(C)(CCCCOC(C)C(C)C)C(=O)O. The summed E-state index contributed by atoms with van der Waals surface area (Å²) >= 11 is 0. The van der Waals surface area contributed by atoms with Gasteiger partial charge in [-0.25, -0.2) is 0 Å². The molecule has 0 aliphatic heterocycles. The van der Waals surface area contributed by atoms with Crippen LogP contribution >= 0.6 is 0 Å². The van der Waals surface area contributed by atoms with Crippen LogP contribution in [-0.2, 0) is 9.53 Å². The van der Waals surface area contributed by atoms with E-state index in [1.165, 1.54) is 0 Å². The molecule has 0 aliphatic rings. The lowest BCUT2D eigenvalue weighted by Gasteiger charge is -2.26. The van der Waals surface area contributed by atoms with Gasteiger partial charge in [0.2, 0.25) is 0 Å². The number of hydrogen-bond acceptors (Lipinski definition) is 3. The lowest BCUT2D eigenvalue weighted by Crippen LogP contribution is -2.49. The van der Waals surface area contributed by atoms with E-state index in [-0.39, 0.29) is 6.10 Å². The van der Waals surface area contributed by atoms with Crippen LogP contribution in [0.4, 0.5) is 0 Å². The van der Waals surface area contributed by atoms with Gasteiger partial charge in [0.15, 0.2) is 0 Å². The zero-order valence-electron chi connectivity index (χ0n) is 13.2. The van der Waals surface area contributed by atoms with Crippen LogP contribution < -0.4 is 5.32 Å². The monoisotopic (exact) mass is 273 g/mol. The van der Waals surface area contributed by atoms with Crippen molar-refractivity contribution in [2.24, 2.45) is 5.92 Å². The topological polar surface area (TPSA) is 58.6 Å². The van der Waals surface area contributed by atoms with E-state index < -0.39 is 11.5 Å². The summed E-state index contributed by atoms with van der Waals surface area (Å²) in [5.41, 5.74) is -0.806. The van der Waals surface area contributed by atoms with Gasteiger partial charge in [0.05, 0.1) is 6.10 Å². The largest absolute Gasteiger partial charge is 0.480 e. The van der Waals surface area contributed by atoms with Crippen molar-refractivity contribution in [1.82, 2.24) is 5.32 Å². The highest BCUT2D eigenvalue weighted by atomic mass is 16.5. The third-order valence-electron chi connectivity index (χ3n) is 3.63. The van der Waals surface area contributed by atoms with Gasteiger partial charge in [0, 0.05) is 6.61 Å². The third kappa shape index (κ3) is 7.53. The first kappa shape index (κ1) is 18.4. The molecule has 0 fully saturated rings. The Morgan fingerprint density at radius 2 is 1.95 bits per heavy atom. The minimum Gasteiger partial charge on any atom is -0.480 e. The Labute approximate surface area is 117 Å². The van der Waals surface area contributed by atoms with Gasteiger partial charge in [0.1, 0.15) is 5.54 Å². The third-order valence-corrected chi connectivity index (χ3v) is 3.63. The number of rotatable bonds is 11. The van der Waals surface area contributed by atoms with E-state index in [1.54, 1.807) is 6.92 Å². The molecular weight excluding hydrogens is 242 g/mol. The fourth-order valence-electron chi connectivity index (χ4n) is 1.71. The molecule has 0 rings (SSSR count). The van der Waals surface area contributed by atoms with Crippen molar-refractivity contribution in [1.29, 1.82) is 0 Å². The Kier molecular flexibility index (Phi) is 9.02. The molecule has 0 saturated carbocycles. The highest BCUT2D eigenvalue weighted by Crippen LogP contribution is 2.15. The van der Waals surface area contributed by atoms with E-state index in [0.717, 1.165) is 25.8 Å². The minimum absolute atomic E-state index is 0.268. The Balaban J connectivity index is 3.91. The highest BCUT2D eigenvalue weighted by Gasteiger charge is 2.31. The maximum absolute atomic E-state index is 11.3. The molecule has 2 unspecified atom stereocenters. The summed E-state index contributed by atoms with van der Waals surface area (Å²) in [5, 5.41) is 12.4. The van der Waals surface area contributed by atoms with Crippen LogP contribution in [0.1, 0.15) is 60.3 Å². The van der Waals surface area contributed by atoms with Crippen molar-refractivity contribution >= 4 is 5.97 Å². The van der Waals surface area contributed by atoms with E-state index in [2.05, 4.69) is 26.1 Å². The van der Waals surface area contributed by atoms with Crippen molar-refractivity contribution in [3.05, 3.63) is 0 Å². The fourth-order valence-corrected chi connectivity index (χ4v) is 1.71. The predicted octanol–water partition coefficient (Wildman–Crippen LogP) is 3.06. The first-order valence-electron chi connectivity index (χ1n) is 7.43. The van der Waals surface area contributed by atoms with Gasteiger partial charge in [0.25, 0.3) is 0 Å². The average molecular weight is 273 g/mol. The molecule has 0 amide bonds. The fraction of sp³-hybridized carbons (Fsp3) is 0.933. The second-order valence-corrected chi connectivity index (χ2v) is 5.84. The van der Waals surface area contributed by atoms with E-state index in [4.69, 9.17) is 4.74 Å². The molecule has 0 aromatic rings. The maximum atomic E-state index is 11.3. The summed E-state index contributed by atoms with van der Waals surface area (Å²) in [7, 11) is 0. The molecule has 4 heteroatoms. The molecule has 0 aliphatic carbocycles. The highest BCUT2D eigenvalue weighted by molar-refractivity contribution is 5.78. The van der Waals surface area contributed by atoms with Crippen LogP contribution in [0, 0.1) is 5.92 Å². The first-order chi connectivity index (χ1) is 8.83. The quantitative estimate of drug-likeness (QED) is 0.568. The lowest BCUT2D eigenvalue weighted by atomic mass is 9.95. The minimum atomic E-state index is -0.806. The predicted molar refractivity (Wildman–Crippen MR) is 78.4 cm³/mol. The number of unbranched alkanes of at least 4 members (excludes halogenated alkanes) is 1. The zero-order chi connectivity index (χ0) is 14.9. The van der Waals surface area contributed by atoms with Crippen LogP contribution in [0.3, 0.4) is 0 Å². The second kappa shape index (κ2) is 9.32. The molecule has 0 bridgehead atoms. The molecule has 0 aromatic carbocycles. The molecule has 0 radical (unpaired) electrons. The molecule has 19 heavy (non-hydrogen) atoms. The maximum Gasteiger partial charge on any atom is 0.323 e. The summed E-state index contributed by atoms with van der Waals surface area (Å²) in [6.45, 7) is 11.6. The number of carbonyl (C=O) groups is 1. The summed E-state index contributed by atoms with van der Waals surface area (Å²) in [6.07, 6.45) is 3.63. The van der Waals surface area contributed by atoms with Crippen molar-refractivity contribution in [2.45, 2.75) is 71.9 Å². The second-order valence-electron chi connectivity index (χ2n) is 5.84. The van der Waals surface area contributed by atoms with Crippen LogP contribution in [0.5, 0.6) is 0 Å². The number of nitrogens with one attached hydrogen (secondary N) is 1. The number of carboxylic acids is 1. The molecule has 0 aromatic heterocycles.